The predicted octanol–water partition coefficient (Wildman–Crippen LogP) is 1.93. The third-order valence-electron chi connectivity index (χ3n) is 3.53. The van der Waals surface area contributed by atoms with Gasteiger partial charge in [-0.2, -0.15) is 0 Å². The molecule has 0 spiro atoms. The van der Waals surface area contributed by atoms with Gasteiger partial charge in [0, 0.05) is 5.92 Å². The fourth-order valence-electron chi connectivity index (χ4n) is 2.29. The Bertz CT molecular complexity index is 498. The summed E-state index contributed by atoms with van der Waals surface area (Å²) in [6, 6.07) is 5.39. The molecule has 1 aliphatic rings. The first-order chi connectivity index (χ1) is 10.1. The summed E-state index contributed by atoms with van der Waals surface area (Å²) >= 11 is 0. The molecule has 2 rings (SSSR count). The highest BCUT2D eigenvalue weighted by atomic mass is 19.1. The molecule has 0 aromatic heterocycles. The van der Waals surface area contributed by atoms with Crippen LogP contribution in [0.1, 0.15) is 32.6 Å². The molecule has 1 fully saturated rings. The largest absolute Gasteiger partial charge is 0.481 e. The van der Waals surface area contributed by atoms with Gasteiger partial charge in [-0.1, -0.05) is 12.8 Å². The molecular weight excluding hydrogens is 275 g/mol. The van der Waals surface area contributed by atoms with E-state index in [1.54, 1.807) is 6.92 Å². The quantitative estimate of drug-likeness (QED) is 0.834. The molecule has 1 saturated carbocycles. The topological polar surface area (TPSA) is 67.4 Å². The number of hydrazine groups is 1. The number of ether oxygens (including phenoxy) is 1. The maximum absolute atomic E-state index is 12.8. The Balaban J connectivity index is 1.76. The van der Waals surface area contributed by atoms with Gasteiger partial charge in [-0.05, 0) is 44.0 Å². The van der Waals surface area contributed by atoms with E-state index in [9.17, 15) is 14.0 Å². The number of hydrogen-bond acceptors (Lipinski definition) is 3. The number of carbonyl (C=O) groups excluding carboxylic acids is 2. The molecule has 2 amide bonds. The number of benzene rings is 1. The molecular formula is C15H19FN2O3. The van der Waals surface area contributed by atoms with Crippen molar-refractivity contribution in [2.45, 2.75) is 38.7 Å². The molecule has 6 heteroatoms. The van der Waals surface area contributed by atoms with Crippen molar-refractivity contribution in [1.29, 1.82) is 0 Å². The fourth-order valence-corrected chi connectivity index (χ4v) is 2.29. The second-order valence-corrected chi connectivity index (χ2v) is 5.17. The molecule has 0 bridgehead atoms. The van der Waals surface area contributed by atoms with Crippen LogP contribution >= 0.6 is 0 Å². The van der Waals surface area contributed by atoms with Gasteiger partial charge in [-0.25, -0.2) is 4.39 Å². The minimum Gasteiger partial charge on any atom is -0.481 e. The van der Waals surface area contributed by atoms with E-state index in [-0.39, 0.29) is 17.6 Å². The van der Waals surface area contributed by atoms with E-state index in [0.717, 1.165) is 25.7 Å². The van der Waals surface area contributed by atoms with Crippen molar-refractivity contribution >= 4 is 11.8 Å². The molecule has 5 nitrogen and oxygen atoms in total. The molecule has 0 radical (unpaired) electrons. The average Bonchev–Trinajstić information content (AvgIpc) is 3.01. The second kappa shape index (κ2) is 7.06. The van der Waals surface area contributed by atoms with Gasteiger partial charge in [0.2, 0.25) is 5.91 Å². The monoisotopic (exact) mass is 294 g/mol. The van der Waals surface area contributed by atoms with Gasteiger partial charge in [0.15, 0.2) is 6.10 Å². The molecule has 1 aliphatic carbocycles. The molecule has 114 valence electrons. The number of nitrogens with one attached hydrogen (secondary N) is 2. The number of rotatable bonds is 4. The van der Waals surface area contributed by atoms with E-state index in [4.69, 9.17) is 4.74 Å². The summed E-state index contributed by atoms with van der Waals surface area (Å²) in [6.45, 7) is 1.56. The van der Waals surface area contributed by atoms with Crippen molar-refractivity contribution in [2.24, 2.45) is 5.92 Å². The number of carbonyl (C=O) groups is 2. The lowest BCUT2D eigenvalue weighted by Gasteiger charge is -2.16. The van der Waals surface area contributed by atoms with E-state index in [1.165, 1.54) is 24.3 Å². The zero-order valence-corrected chi connectivity index (χ0v) is 11.9. The Kier molecular flexibility index (Phi) is 5.14. The van der Waals surface area contributed by atoms with Crippen LogP contribution in [0.3, 0.4) is 0 Å². The van der Waals surface area contributed by atoms with Crippen LogP contribution < -0.4 is 15.6 Å². The summed E-state index contributed by atoms with van der Waals surface area (Å²) in [5.74, 6) is -0.608. The summed E-state index contributed by atoms with van der Waals surface area (Å²) < 4.78 is 18.1. The van der Waals surface area contributed by atoms with Crippen molar-refractivity contribution in [3.05, 3.63) is 30.1 Å². The first-order valence-corrected chi connectivity index (χ1v) is 7.08. The Morgan fingerprint density at radius 1 is 1.19 bits per heavy atom. The van der Waals surface area contributed by atoms with Crippen LogP contribution in [0.5, 0.6) is 5.75 Å². The van der Waals surface area contributed by atoms with Crippen LogP contribution in [0.2, 0.25) is 0 Å². The number of halogens is 1. The van der Waals surface area contributed by atoms with Crippen LogP contribution in [-0.2, 0) is 9.59 Å². The second-order valence-electron chi connectivity index (χ2n) is 5.17. The highest BCUT2D eigenvalue weighted by molar-refractivity contribution is 5.85. The molecule has 21 heavy (non-hydrogen) atoms. The zero-order chi connectivity index (χ0) is 15.2. The van der Waals surface area contributed by atoms with E-state index in [0.29, 0.717) is 5.75 Å². The van der Waals surface area contributed by atoms with Gasteiger partial charge in [0.1, 0.15) is 11.6 Å². The van der Waals surface area contributed by atoms with Crippen molar-refractivity contribution in [2.75, 3.05) is 0 Å². The van der Waals surface area contributed by atoms with Crippen LogP contribution in [0.25, 0.3) is 0 Å². The maximum Gasteiger partial charge on any atom is 0.279 e. The van der Waals surface area contributed by atoms with Gasteiger partial charge in [0.25, 0.3) is 5.91 Å². The minimum absolute atomic E-state index is 0.0152. The highest BCUT2D eigenvalue weighted by Crippen LogP contribution is 2.24. The standard InChI is InChI=1S/C15H19FN2O3/c1-10(21-13-8-6-12(16)7-9-13)14(19)17-18-15(20)11-4-2-3-5-11/h6-11H,2-5H2,1H3,(H,17,19)(H,18,20)/t10-/m1/s1. The first kappa shape index (κ1) is 15.3. The summed E-state index contributed by atoms with van der Waals surface area (Å²) in [5.41, 5.74) is 4.77. The Morgan fingerprint density at radius 3 is 2.43 bits per heavy atom. The van der Waals surface area contributed by atoms with Crippen molar-refractivity contribution in [1.82, 2.24) is 10.9 Å². The highest BCUT2D eigenvalue weighted by Gasteiger charge is 2.23. The molecule has 0 heterocycles. The normalized spacial score (nSPS) is 16.3. The SMILES string of the molecule is C[C@@H](Oc1ccc(F)cc1)C(=O)NNC(=O)C1CCCC1. The van der Waals surface area contributed by atoms with Gasteiger partial charge >= 0.3 is 0 Å². The predicted molar refractivity (Wildman–Crippen MR) is 74.7 cm³/mol. The minimum atomic E-state index is -0.792. The lowest BCUT2D eigenvalue weighted by Crippen LogP contribution is -2.48. The van der Waals surface area contributed by atoms with Gasteiger partial charge in [0.05, 0.1) is 0 Å². The first-order valence-electron chi connectivity index (χ1n) is 7.08. The Morgan fingerprint density at radius 2 is 1.81 bits per heavy atom. The lowest BCUT2D eigenvalue weighted by atomic mass is 10.1. The molecule has 2 N–H and O–H groups in total. The maximum atomic E-state index is 12.8. The van der Waals surface area contributed by atoms with Gasteiger partial charge in [-0.15, -0.1) is 0 Å². The van der Waals surface area contributed by atoms with Gasteiger partial charge < -0.3 is 4.74 Å². The Hall–Kier alpha value is -2.11. The lowest BCUT2D eigenvalue weighted by molar-refractivity contribution is -0.134. The summed E-state index contributed by atoms with van der Waals surface area (Å²) in [6.07, 6.45) is 3.04. The van der Waals surface area contributed by atoms with Crippen LogP contribution in [-0.4, -0.2) is 17.9 Å². The zero-order valence-electron chi connectivity index (χ0n) is 11.9. The number of amides is 2. The molecule has 0 unspecified atom stereocenters. The molecule has 1 aromatic carbocycles. The van der Waals surface area contributed by atoms with Gasteiger partial charge in [-0.3, -0.25) is 20.4 Å². The van der Waals surface area contributed by atoms with Crippen molar-refractivity contribution in [3.63, 3.8) is 0 Å². The van der Waals surface area contributed by atoms with E-state index < -0.39 is 12.0 Å². The van der Waals surface area contributed by atoms with Crippen LogP contribution in [0.4, 0.5) is 4.39 Å². The third kappa shape index (κ3) is 4.44. The van der Waals surface area contributed by atoms with E-state index in [2.05, 4.69) is 10.9 Å². The molecule has 0 aliphatic heterocycles. The molecule has 1 atom stereocenters. The van der Waals surface area contributed by atoms with Crippen LogP contribution in [0, 0.1) is 11.7 Å². The fraction of sp³-hybridized carbons (Fsp3) is 0.467. The summed E-state index contributed by atoms with van der Waals surface area (Å²) in [4.78, 5) is 23.6. The molecule has 1 aromatic rings. The number of hydrogen-bond donors (Lipinski definition) is 2. The summed E-state index contributed by atoms with van der Waals surface area (Å²) in [5, 5.41) is 0. The molecule has 0 saturated heterocycles. The smallest absolute Gasteiger partial charge is 0.279 e. The van der Waals surface area contributed by atoms with E-state index >= 15 is 0 Å². The third-order valence-corrected chi connectivity index (χ3v) is 3.53. The van der Waals surface area contributed by atoms with Crippen LogP contribution in [0.15, 0.2) is 24.3 Å². The van der Waals surface area contributed by atoms with E-state index in [1.807, 2.05) is 0 Å². The van der Waals surface area contributed by atoms with Crippen molar-refractivity contribution < 1.29 is 18.7 Å². The Labute approximate surface area is 122 Å². The van der Waals surface area contributed by atoms with Crippen molar-refractivity contribution in [3.8, 4) is 5.75 Å². The summed E-state index contributed by atoms with van der Waals surface area (Å²) in [7, 11) is 0. The average molecular weight is 294 g/mol.